The summed E-state index contributed by atoms with van der Waals surface area (Å²) in [5, 5.41) is 5.83. The van der Waals surface area contributed by atoms with Gasteiger partial charge in [0.05, 0.1) is 6.54 Å². The molecule has 1 aromatic carbocycles. The van der Waals surface area contributed by atoms with Crippen molar-refractivity contribution in [3.05, 3.63) is 30.1 Å². The van der Waals surface area contributed by atoms with E-state index in [1.54, 1.807) is 12.1 Å². The van der Waals surface area contributed by atoms with Crippen molar-refractivity contribution in [1.82, 2.24) is 5.32 Å². The van der Waals surface area contributed by atoms with Gasteiger partial charge in [0.1, 0.15) is 5.82 Å². The van der Waals surface area contributed by atoms with Crippen LogP contribution in [0.2, 0.25) is 0 Å². The van der Waals surface area contributed by atoms with Crippen molar-refractivity contribution in [3.8, 4) is 0 Å². The van der Waals surface area contributed by atoms with Crippen molar-refractivity contribution in [1.29, 1.82) is 0 Å². The number of carbonyl (C=O) groups excluding carboxylic acids is 1. The summed E-state index contributed by atoms with van der Waals surface area (Å²) in [7, 11) is 0. The van der Waals surface area contributed by atoms with E-state index in [0.717, 1.165) is 12.8 Å². The lowest BCUT2D eigenvalue weighted by Crippen LogP contribution is -2.34. The zero-order valence-corrected chi connectivity index (χ0v) is 10.3. The van der Waals surface area contributed by atoms with Gasteiger partial charge >= 0.3 is 0 Å². The van der Waals surface area contributed by atoms with E-state index in [0.29, 0.717) is 11.7 Å². The van der Waals surface area contributed by atoms with Crippen LogP contribution in [0.4, 0.5) is 10.1 Å². The number of halogens is 1. The number of nitrogens with one attached hydrogen (secondary N) is 2. The van der Waals surface area contributed by atoms with Crippen LogP contribution in [-0.2, 0) is 4.79 Å². The molecule has 0 bridgehead atoms. The lowest BCUT2D eigenvalue weighted by molar-refractivity contribution is -0.115. The molecule has 0 spiro atoms. The van der Waals surface area contributed by atoms with Gasteiger partial charge < -0.3 is 10.6 Å². The third kappa shape index (κ3) is 5.45. The Morgan fingerprint density at radius 3 is 2.59 bits per heavy atom. The first-order chi connectivity index (χ1) is 8.11. The number of anilines is 1. The SMILES string of the molecule is CCCC(C)NCC(=O)Nc1ccc(F)cc1. The molecule has 2 N–H and O–H groups in total. The Kier molecular flexibility index (Phi) is 5.63. The predicted octanol–water partition coefficient (Wildman–Crippen LogP) is 2.54. The van der Waals surface area contributed by atoms with E-state index in [9.17, 15) is 9.18 Å². The summed E-state index contributed by atoms with van der Waals surface area (Å²) in [4.78, 5) is 11.5. The summed E-state index contributed by atoms with van der Waals surface area (Å²) >= 11 is 0. The van der Waals surface area contributed by atoms with Crippen molar-refractivity contribution in [2.45, 2.75) is 32.7 Å². The number of amides is 1. The highest BCUT2D eigenvalue weighted by Gasteiger charge is 2.05. The van der Waals surface area contributed by atoms with Crippen LogP contribution in [0.25, 0.3) is 0 Å². The smallest absolute Gasteiger partial charge is 0.238 e. The molecule has 0 radical (unpaired) electrons. The van der Waals surface area contributed by atoms with E-state index >= 15 is 0 Å². The van der Waals surface area contributed by atoms with E-state index < -0.39 is 0 Å². The minimum atomic E-state index is -0.308. The van der Waals surface area contributed by atoms with E-state index in [2.05, 4.69) is 24.5 Å². The van der Waals surface area contributed by atoms with Gasteiger partial charge in [0.15, 0.2) is 0 Å². The highest BCUT2D eigenvalue weighted by molar-refractivity contribution is 5.92. The fraction of sp³-hybridized carbons (Fsp3) is 0.462. The third-order valence-corrected chi connectivity index (χ3v) is 2.46. The van der Waals surface area contributed by atoms with Crippen LogP contribution in [0.3, 0.4) is 0 Å². The molecule has 0 aromatic heterocycles. The average molecular weight is 238 g/mol. The molecule has 4 heteroatoms. The van der Waals surface area contributed by atoms with Crippen molar-refractivity contribution in [2.75, 3.05) is 11.9 Å². The molecule has 0 saturated heterocycles. The first-order valence-electron chi connectivity index (χ1n) is 5.90. The minimum absolute atomic E-state index is 0.112. The van der Waals surface area contributed by atoms with Crippen LogP contribution in [0, 0.1) is 5.82 Å². The molecule has 1 aromatic rings. The molecule has 17 heavy (non-hydrogen) atoms. The highest BCUT2D eigenvalue weighted by atomic mass is 19.1. The fourth-order valence-corrected chi connectivity index (χ4v) is 1.54. The lowest BCUT2D eigenvalue weighted by atomic mass is 10.2. The van der Waals surface area contributed by atoms with Crippen LogP contribution in [0.15, 0.2) is 24.3 Å². The molecular weight excluding hydrogens is 219 g/mol. The number of hydrogen-bond acceptors (Lipinski definition) is 2. The predicted molar refractivity (Wildman–Crippen MR) is 67.4 cm³/mol. The van der Waals surface area contributed by atoms with Crippen molar-refractivity contribution in [3.63, 3.8) is 0 Å². The summed E-state index contributed by atoms with van der Waals surface area (Å²) in [5.74, 6) is -0.419. The second-order valence-electron chi connectivity index (χ2n) is 4.13. The zero-order valence-electron chi connectivity index (χ0n) is 10.3. The molecule has 0 saturated carbocycles. The summed E-state index contributed by atoms with van der Waals surface area (Å²) in [6.07, 6.45) is 2.14. The molecule has 94 valence electrons. The van der Waals surface area contributed by atoms with Crippen LogP contribution in [0.1, 0.15) is 26.7 Å². The third-order valence-electron chi connectivity index (χ3n) is 2.46. The summed E-state index contributed by atoms with van der Waals surface area (Å²) in [5.41, 5.74) is 0.612. The van der Waals surface area contributed by atoms with Crippen molar-refractivity contribution < 1.29 is 9.18 Å². The number of carbonyl (C=O) groups is 1. The molecule has 0 fully saturated rings. The Labute approximate surface area is 101 Å². The van der Waals surface area contributed by atoms with E-state index in [-0.39, 0.29) is 18.3 Å². The van der Waals surface area contributed by atoms with Gasteiger partial charge in [-0.2, -0.15) is 0 Å². The second kappa shape index (κ2) is 7.01. The number of benzene rings is 1. The van der Waals surface area contributed by atoms with Crippen LogP contribution >= 0.6 is 0 Å². The second-order valence-corrected chi connectivity index (χ2v) is 4.13. The Bertz CT molecular complexity index is 351. The Balaban J connectivity index is 2.32. The summed E-state index contributed by atoms with van der Waals surface area (Å²) < 4.78 is 12.6. The number of rotatable bonds is 6. The summed E-state index contributed by atoms with van der Waals surface area (Å²) in [6.45, 7) is 4.43. The van der Waals surface area contributed by atoms with E-state index in [1.165, 1.54) is 12.1 Å². The van der Waals surface area contributed by atoms with Gasteiger partial charge in [0.2, 0.25) is 5.91 Å². The molecule has 1 rings (SSSR count). The molecule has 0 aliphatic rings. The Morgan fingerprint density at radius 1 is 1.35 bits per heavy atom. The number of hydrogen-bond donors (Lipinski definition) is 2. The first kappa shape index (κ1) is 13.6. The average Bonchev–Trinajstić information content (AvgIpc) is 2.30. The van der Waals surface area contributed by atoms with E-state index in [4.69, 9.17) is 0 Å². The quantitative estimate of drug-likeness (QED) is 0.799. The van der Waals surface area contributed by atoms with Gasteiger partial charge in [0.25, 0.3) is 0 Å². The topological polar surface area (TPSA) is 41.1 Å². The molecule has 0 heterocycles. The van der Waals surface area contributed by atoms with Gasteiger partial charge in [0, 0.05) is 11.7 Å². The lowest BCUT2D eigenvalue weighted by Gasteiger charge is -2.12. The molecular formula is C13H19FN2O. The molecule has 3 nitrogen and oxygen atoms in total. The van der Waals surface area contributed by atoms with Gasteiger partial charge in [-0.05, 0) is 37.6 Å². The highest BCUT2D eigenvalue weighted by Crippen LogP contribution is 2.07. The van der Waals surface area contributed by atoms with Gasteiger partial charge in [-0.25, -0.2) is 4.39 Å². The van der Waals surface area contributed by atoms with Crippen LogP contribution in [0.5, 0.6) is 0 Å². The maximum atomic E-state index is 12.6. The largest absolute Gasteiger partial charge is 0.325 e. The minimum Gasteiger partial charge on any atom is -0.325 e. The standard InChI is InChI=1S/C13H19FN2O/c1-3-4-10(2)15-9-13(17)16-12-7-5-11(14)6-8-12/h5-8,10,15H,3-4,9H2,1-2H3,(H,16,17). The molecule has 1 amide bonds. The molecule has 1 unspecified atom stereocenters. The molecule has 1 atom stereocenters. The van der Waals surface area contributed by atoms with E-state index in [1.807, 2.05) is 0 Å². The van der Waals surface area contributed by atoms with Crippen molar-refractivity contribution in [2.24, 2.45) is 0 Å². The fourth-order valence-electron chi connectivity index (χ4n) is 1.54. The maximum absolute atomic E-state index is 12.6. The molecule has 0 aliphatic heterocycles. The van der Waals surface area contributed by atoms with Gasteiger partial charge in [-0.15, -0.1) is 0 Å². The van der Waals surface area contributed by atoms with Gasteiger partial charge in [-0.3, -0.25) is 4.79 Å². The summed E-state index contributed by atoms with van der Waals surface area (Å²) in [6, 6.07) is 6.07. The van der Waals surface area contributed by atoms with Crippen molar-refractivity contribution >= 4 is 11.6 Å². The van der Waals surface area contributed by atoms with Crippen LogP contribution < -0.4 is 10.6 Å². The Hall–Kier alpha value is -1.42. The monoisotopic (exact) mass is 238 g/mol. The van der Waals surface area contributed by atoms with Gasteiger partial charge in [-0.1, -0.05) is 13.3 Å². The molecule has 0 aliphatic carbocycles. The first-order valence-corrected chi connectivity index (χ1v) is 5.90. The zero-order chi connectivity index (χ0) is 12.7. The van der Waals surface area contributed by atoms with Crippen LogP contribution in [-0.4, -0.2) is 18.5 Å². The Morgan fingerprint density at radius 2 is 2.00 bits per heavy atom. The normalized spacial score (nSPS) is 12.2. The maximum Gasteiger partial charge on any atom is 0.238 e.